The molecule has 0 unspecified atom stereocenters. The number of nitrogens with zero attached hydrogens (tertiary/aromatic N) is 1. The van der Waals surface area contributed by atoms with Gasteiger partial charge in [-0.2, -0.15) is 0 Å². The van der Waals surface area contributed by atoms with Crippen molar-refractivity contribution in [3.05, 3.63) is 36.4 Å². The SMILES string of the molecule is N=C1C=CC(=N)N1c1ccccc1O. The molecule has 0 atom stereocenters. The summed E-state index contributed by atoms with van der Waals surface area (Å²) in [6, 6.07) is 6.67. The molecule has 0 aliphatic carbocycles. The number of hydrogen-bond acceptors (Lipinski definition) is 3. The summed E-state index contributed by atoms with van der Waals surface area (Å²) in [4.78, 5) is 1.37. The van der Waals surface area contributed by atoms with Crippen LogP contribution in [-0.4, -0.2) is 16.8 Å². The molecule has 3 N–H and O–H groups in total. The number of rotatable bonds is 1. The van der Waals surface area contributed by atoms with Gasteiger partial charge in [-0.3, -0.25) is 15.7 Å². The highest BCUT2D eigenvalue weighted by atomic mass is 16.3. The molecule has 0 amide bonds. The lowest BCUT2D eigenvalue weighted by molar-refractivity contribution is 0.477. The van der Waals surface area contributed by atoms with Gasteiger partial charge in [-0.25, -0.2) is 0 Å². The highest BCUT2D eigenvalue weighted by Crippen LogP contribution is 2.28. The fourth-order valence-electron chi connectivity index (χ4n) is 1.35. The maximum atomic E-state index is 9.54. The van der Waals surface area contributed by atoms with E-state index in [-0.39, 0.29) is 17.4 Å². The molecule has 1 aliphatic heterocycles. The van der Waals surface area contributed by atoms with E-state index < -0.39 is 0 Å². The summed E-state index contributed by atoms with van der Waals surface area (Å²) < 4.78 is 0. The van der Waals surface area contributed by atoms with E-state index in [2.05, 4.69) is 0 Å². The van der Waals surface area contributed by atoms with Crippen LogP contribution in [0.2, 0.25) is 0 Å². The predicted molar refractivity (Wildman–Crippen MR) is 55.2 cm³/mol. The van der Waals surface area contributed by atoms with Gasteiger partial charge in [0.2, 0.25) is 0 Å². The number of nitrogens with one attached hydrogen (secondary N) is 2. The van der Waals surface area contributed by atoms with E-state index in [0.29, 0.717) is 5.69 Å². The second-order valence-corrected chi connectivity index (χ2v) is 2.93. The van der Waals surface area contributed by atoms with E-state index >= 15 is 0 Å². The Kier molecular flexibility index (Phi) is 1.81. The molecule has 1 aliphatic rings. The summed E-state index contributed by atoms with van der Waals surface area (Å²) in [6.07, 6.45) is 3.05. The maximum absolute atomic E-state index is 9.54. The van der Waals surface area contributed by atoms with Gasteiger partial charge in [-0.05, 0) is 24.3 Å². The van der Waals surface area contributed by atoms with E-state index in [4.69, 9.17) is 10.8 Å². The van der Waals surface area contributed by atoms with Crippen LogP contribution < -0.4 is 4.90 Å². The summed E-state index contributed by atoms with van der Waals surface area (Å²) in [5.41, 5.74) is 0.465. The number of hydrogen-bond donors (Lipinski definition) is 3. The van der Waals surface area contributed by atoms with E-state index in [1.807, 2.05) is 0 Å². The van der Waals surface area contributed by atoms with Gasteiger partial charge in [0.15, 0.2) is 0 Å². The Morgan fingerprint density at radius 1 is 1.00 bits per heavy atom. The van der Waals surface area contributed by atoms with Gasteiger partial charge in [-0.1, -0.05) is 12.1 Å². The predicted octanol–water partition coefficient (Wildman–Crippen LogP) is 1.72. The molecule has 1 aromatic carbocycles. The first-order valence-corrected chi connectivity index (χ1v) is 4.13. The fourth-order valence-corrected chi connectivity index (χ4v) is 1.35. The average Bonchev–Trinajstić information content (AvgIpc) is 2.48. The normalized spacial score (nSPS) is 15.3. The summed E-state index contributed by atoms with van der Waals surface area (Å²) in [6.45, 7) is 0. The zero-order chi connectivity index (χ0) is 10.1. The zero-order valence-electron chi connectivity index (χ0n) is 7.36. The second kappa shape index (κ2) is 2.99. The van der Waals surface area contributed by atoms with Gasteiger partial charge in [0.1, 0.15) is 17.4 Å². The number of benzene rings is 1. The Hall–Kier alpha value is -2.10. The molecule has 0 saturated carbocycles. The van der Waals surface area contributed by atoms with E-state index in [0.717, 1.165) is 0 Å². The summed E-state index contributed by atoms with van der Waals surface area (Å²) in [5.74, 6) is 0.457. The monoisotopic (exact) mass is 187 g/mol. The van der Waals surface area contributed by atoms with Crippen LogP contribution in [0.4, 0.5) is 5.69 Å². The first kappa shape index (κ1) is 8.50. The minimum absolute atomic E-state index is 0.0747. The third kappa shape index (κ3) is 1.17. The number of phenols is 1. The molecular formula is C10H9N3O. The van der Waals surface area contributed by atoms with Crippen molar-refractivity contribution in [3.63, 3.8) is 0 Å². The van der Waals surface area contributed by atoms with Gasteiger partial charge >= 0.3 is 0 Å². The standard InChI is InChI=1S/C10H9N3O/c11-9-5-6-10(12)13(9)7-3-1-2-4-8(7)14/h1-6,11-12,14H. The summed E-state index contributed by atoms with van der Waals surface area (Å²) in [5, 5.41) is 24.7. The van der Waals surface area contributed by atoms with Crippen molar-refractivity contribution in [2.75, 3.05) is 4.90 Å². The lowest BCUT2D eigenvalue weighted by Gasteiger charge is -2.18. The van der Waals surface area contributed by atoms with Crippen LogP contribution in [0.25, 0.3) is 0 Å². The molecule has 0 bridgehead atoms. The van der Waals surface area contributed by atoms with Crippen LogP contribution in [-0.2, 0) is 0 Å². The third-order valence-electron chi connectivity index (χ3n) is 2.00. The first-order chi connectivity index (χ1) is 6.70. The molecule has 0 aromatic heterocycles. The summed E-state index contributed by atoms with van der Waals surface area (Å²) in [7, 11) is 0. The molecule has 1 heterocycles. The van der Waals surface area contributed by atoms with Crippen molar-refractivity contribution in [1.82, 2.24) is 0 Å². The molecule has 0 fully saturated rings. The molecule has 70 valence electrons. The van der Waals surface area contributed by atoms with E-state index in [1.54, 1.807) is 18.2 Å². The number of amidine groups is 2. The Labute approximate surface area is 81.1 Å². The number of para-hydroxylation sites is 2. The zero-order valence-corrected chi connectivity index (χ0v) is 7.36. The number of phenolic OH excluding ortho intramolecular Hbond substituents is 1. The van der Waals surface area contributed by atoms with E-state index in [9.17, 15) is 5.11 Å². The van der Waals surface area contributed by atoms with Crippen molar-refractivity contribution in [2.24, 2.45) is 0 Å². The topological polar surface area (TPSA) is 71.2 Å². The largest absolute Gasteiger partial charge is 0.506 e. The van der Waals surface area contributed by atoms with Crippen LogP contribution in [0, 0.1) is 10.8 Å². The minimum Gasteiger partial charge on any atom is -0.506 e. The molecule has 2 rings (SSSR count). The summed E-state index contributed by atoms with van der Waals surface area (Å²) >= 11 is 0. The Morgan fingerprint density at radius 2 is 1.57 bits per heavy atom. The highest BCUT2D eigenvalue weighted by molar-refractivity contribution is 6.30. The quantitative estimate of drug-likeness (QED) is 0.626. The second-order valence-electron chi connectivity index (χ2n) is 2.93. The van der Waals surface area contributed by atoms with Gasteiger partial charge in [0.05, 0.1) is 5.69 Å². The molecule has 1 aromatic rings. The molecular weight excluding hydrogens is 178 g/mol. The maximum Gasteiger partial charge on any atom is 0.139 e. The van der Waals surface area contributed by atoms with Crippen molar-refractivity contribution >= 4 is 17.4 Å². The Bertz CT molecular complexity index is 419. The van der Waals surface area contributed by atoms with Crippen molar-refractivity contribution in [3.8, 4) is 5.75 Å². The molecule has 0 saturated heterocycles. The lowest BCUT2D eigenvalue weighted by Crippen LogP contribution is -2.28. The fraction of sp³-hybridized carbons (Fsp3) is 0. The molecule has 4 nitrogen and oxygen atoms in total. The van der Waals surface area contributed by atoms with Crippen molar-refractivity contribution in [2.45, 2.75) is 0 Å². The number of aromatic hydroxyl groups is 1. The Morgan fingerprint density at radius 3 is 2.14 bits per heavy atom. The van der Waals surface area contributed by atoms with Crippen LogP contribution in [0.3, 0.4) is 0 Å². The lowest BCUT2D eigenvalue weighted by atomic mass is 10.2. The minimum atomic E-state index is 0.0747. The highest BCUT2D eigenvalue weighted by Gasteiger charge is 2.21. The van der Waals surface area contributed by atoms with Gasteiger partial charge in [-0.15, -0.1) is 0 Å². The molecule has 0 radical (unpaired) electrons. The first-order valence-electron chi connectivity index (χ1n) is 4.13. The van der Waals surface area contributed by atoms with Gasteiger partial charge in [0, 0.05) is 0 Å². The van der Waals surface area contributed by atoms with Crippen LogP contribution in [0.5, 0.6) is 5.75 Å². The number of anilines is 1. The molecule has 0 spiro atoms. The van der Waals surface area contributed by atoms with E-state index in [1.165, 1.54) is 23.1 Å². The van der Waals surface area contributed by atoms with Gasteiger partial charge in [0.25, 0.3) is 0 Å². The third-order valence-corrected chi connectivity index (χ3v) is 2.00. The molecule has 14 heavy (non-hydrogen) atoms. The smallest absolute Gasteiger partial charge is 0.139 e. The van der Waals surface area contributed by atoms with Crippen LogP contribution >= 0.6 is 0 Å². The van der Waals surface area contributed by atoms with Crippen molar-refractivity contribution in [1.29, 1.82) is 10.8 Å². The van der Waals surface area contributed by atoms with Gasteiger partial charge < -0.3 is 5.11 Å². The Balaban J connectivity index is 2.46. The van der Waals surface area contributed by atoms with Crippen LogP contribution in [0.1, 0.15) is 0 Å². The van der Waals surface area contributed by atoms with Crippen LogP contribution in [0.15, 0.2) is 36.4 Å². The molecule has 4 heteroatoms. The average molecular weight is 187 g/mol. The van der Waals surface area contributed by atoms with Crippen molar-refractivity contribution < 1.29 is 5.11 Å².